The molecule has 1 saturated heterocycles. The maximum atomic E-state index is 15.3. The summed E-state index contributed by atoms with van der Waals surface area (Å²) in [6.45, 7) is 4.41. The molecular weight excluding hydrogens is 396 g/mol. The van der Waals surface area contributed by atoms with Crippen molar-refractivity contribution in [3.63, 3.8) is 0 Å². The number of nitrogens with zero attached hydrogens (tertiary/aromatic N) is 4. The predicted octanol–water partition coefficient (Wildman–Crippen LogP) is 3.60. The molecule has 11 heteroatoms. The Kier molecular flexibility index (Phi) is 4.56. The van der Waals surface area contributed by atoms with Gasteiger partial charge in [0.2, 0.25) is 5.58 Å². The van der Waals surface area contributed by atoms with E-state index in [9.17, 15) is 18.0 Å². The number of benzene rings is 1. The summed E-state index contributed by atoms with van der Waals surface area (Å²) in [5, 5.41) is 3.76. The summed E-state index contributed by atoms with van der Waals surface area (Å²) in [5.41, 5.74) is -1.29. The fourth-order valence-corrected chi connectivity index (χ4v) is 3.58. The molecule has 0 bridgehead atoms. The number of ether oxygens (including phenoxy) is 1. The number of rotatable bonds is 3. The minimum absolute atomic E-state index is 0.0388. The second-order valence-electron chi connectivity index (χ2n) is 6.96. The van der Waals surface area contributed by atoms with Crippen LogP contribution in [0.4, 0.5) is 23.2 Å². The highest BCUT2D eigenvalue weighted by atomic mass is 19.4. The Balaban J connectivity index is 1.83. The molecule has 2 atom stereocenters. The Morgan fingerprint density at radius 1 is 1.24 bits per heavy atom. The van der Waals surface area contributed by atoms with Gasteiger partial charge in [-0.1, -0.05) is 5.16 Å². The first-order valence-electron chi connectivity index (χ1n) is 8.78. The van der Waals surface area contributed by atoms with Crippen molar-refractivity contribution in [3.8, 4) is 5.82 Å². The van der Waals surface area contributed by atoms with Crippen molar-refractivity contribution in [2.45, 2.75) is 32.2 Å². The fourth-order valence-electron chi connectivity index (χ4n) is 3.58. The van der Waals surface area contributed by atoms with Gasteiger partial charge in [0.05, 0.1) is 23.3 Å². The van der Waals surface area contributed by atoms with Crippen molar-refractivity contribution >= 4 is 22.9 Å². The zero-order chi connectivity index (χ0) is 20.9. The Labute approximate surface area is 161 Å². The quantitative estimate of drug-likeness (QED) is 0.484. The lowest BCUT2D eigenvalue weighted by Gasteiger charge is -2.37. The van der Waals surface area contributed by atoms with Crippen molar-refractivity contribution < 1.29 is 31.6 Å². The third-order valence-electron chi connectivity index (χ3n) is 4.67. The van der Waals surface area contributed by atoms with E-state index in [1.165, 1.54) is 6.07 Å². The van der Waals surface area contributed by atoms with E-state index in [-0.39, 0.29) is 40.2 Å². The smallest absolute Gasteiger partial charge is 0.372 e. The average molecular weight is 412 g/mol. The largest absolute Gasteiger partial charge is 0.434 e. The summed E-state index contributed by atoms with van der Waals surface area (Å²) in [4.78, 5) is 16.7. The van der Waals surface area contributed by atoms with Crippen LogP contribution in [0.5, 0.6) is 0 Å². The number of carbonyl (C=O) groups is 1. The summed E-state index contributed by atoms with van der Waals surface area (Å²) in [6, 6.07) is 1.35. The standard InChI is InChI=1S/C18H16F4N4O3/c1-9-4-25(5-10(2)28-9)15-11(7-27)3-12-16(14(15)19)29-24-17(12)26-6-13(23-8-26)18(20,21)22/h3,6-10H,4-5H2,1-2H3/t9-,10+. The van der Waals surface area contributed by atoms with Crippen LogP contribution in [0.25, 0.3) is 16.8 Å². The Bertz CT molecular complexity index is 1070. The molecule has 2 aromatic heterocycles. The molecule has 0 unspecified atom stereocenters. The van der Waals surface area contributed by atoms with Crippen LogP contribution in [0.15, 0.2) is 23.1 Å². The average Bonchev–Trinajstić information content (AvgIpc) is 3.27. The van der Waals surface area contributed by atoms with Gasteiger partial charge in [-0.25, -0.2) is 9.37 Å². The van der Waals surface area contributed by atoms with E-state index in [0.717, 1.165) is 17.1 Å². The zero-order valence-corrected chi connectivity index (χ0v) is 15.4. The van der Waals surface area contributed by atoms with Gasteiger partial charge in [0.1, 0.15) is 6.33 Å². The zero-order valence-electron chi connectivity index (χ0n) is 15.4. The van der Waals surface area contributed by atoms with Gasteiger partial charge in [-0.15, -0.1) is 0 Å². The highest BCUT2D eigenvalue weighted by molar-refractivity contribution is 5.97. The molecular formula is C18H16F4N4O3. The molecule has 0 amide bonds. The number of anilines is 1. The Morgan fingerprint density at radius 3 is 2.52 bits per heavy atom. The van der Waals surface area contributed by atoms with Gasteiger partial charge in [0.15, 0.2) is 23.6 Å². The molecule has 4 rings (SSSR count). The van der Waals surface area contributed by atoms with E-state index in [1.807, 2.05) is 13.8 Å². The van der Waals surface area contributed by atoms with Crippen LogP contribution in [-0.4, -0.2) is 46.3 Å². The molecule has 1 aromatic carbocycles. The molecule has 0 saturated carbocycles. The van der Waals surface area contributed by atoms with Crippen molar-refractivity contribution in [2.24, 2.45) is 0 Å². The van der Waals surface area contributed by atoms with Crippen LogP contribution in [0, 0.1) is 5.82 Å². The predicted molar refractivity (Wildman–Crippen MR) is 93.7 cm³/mol. The number of fused-ring (bicyclic) bond motifs is 1. The van der Waals surface area contributed by atoms with E-state index in [1.54, 1.807) is 4.90 Å². The molecule has 7 nitrogen and oxygen atoms in total. The van der Waals surface area contributed by atoms with Gasteiger partial charge in [-0.3, -0.25) is 9.36 Å². The normalized spacial score (nSPS) is 20.4. The SMILES string of the molecule is C[C@@H]1CN(c2c(C=O)cc3c(-n4cnc(C(F)(F)F)c4)noc3c2F)C[C@H](C)O1. The lowest BCUT2D eigenvalue weighted by Crippen LogP contribution is -2.46. The number of imidazole rings is 1. The first-order valence-corrected chi connectivity index (χ1v) is 8.78. The summed E-state index contributed by atoms with van der Waals surface area (Å²) in [5.74, 6) is -0.902. The van der Waals surface area contributed by atoms with Crippen molar-refractivity contribution in [1.82, 2.24) is 14.7 Å². The number of hydrogen-bond acceptors (Lipinski definition) is 6. The first-order chi connectivity index (χ1) is 13.7. The number of morpholine rings is 1. The Morgan fingerprint density at radius 2 is 1.93 bits per heavy atom. The van der Waals surface area contributed by atoms with Gasteiger partial charge < -0.3 is 14.2 Å². The third-order valence-corrected chi connectivity index (χ3v) is 4.67. The summed E-state index contributed by atoms with van der Waals surface area (Å²) in [6.07, 6.45) is -2.88. The van der Waals surface area contributed by atoms with E-state index in [0.29, 0.717) is 19.4 Å². The van der Waals surface area contributed by atoms with Crippen LogP contribution in [0.2, 0.25) is 0 Å². The van der Waals surface area contributed by atoms with Crippen LogP contribution in [0.1, 0.15) is 29.9 Å². The molecule has 154 valence electrons. The number of aromatic nitrogens is 3. The maximum Gasteiger partial charge on any atom is 0.434 e. The van der Waals surface area contributed by atoms with Gasteiger partial charge in [0.25, 0.3) is 0 Å². The lowest BCUT2D eigenvalue weighted by atomic mass is 10.1. The molecule has 1 aliphatic rings. The second kappa shape index (κ2) is 6.83. The van der Waals surface area contributed by atoms with E-state index in [2.05, 4.69) is 10.1 Å². The monoisotopic (exact) mass is 412 g/mol. The summed E-state index contributed by atoms with van der Waals surface area (Å²) < 4.78 is 65.5. The number of aldehydes is 1. The molecule has 0 radical (unpaired) electrons. The van der Waals surface area contributed by atoms with Crippen molar-refractivity contribution in [3.05, 3.63) is 35.7 Å². The third kappa shape index (κ3) is 3.35. The van der Waals surface area contributed by atoms with Gasteiger partial charge in [0, 0.05) is 24.8 Å². The first kappa shape index (κ1) is 19.4. The molecule has 1 fully saturated rings. The number of alkyl halides is 3. The maximum absolute atomic E-state index is 15.3. The van der Waals surface area contributed by atoms with Crippen LogP contribution in [-0.2, 0) is 10.9 Å². The molecule has 1 aliphatic heterocycles. The Hall–Kier alpha value is -2.95. The molecule has 3 heterocycles. The minimum atomic E-state index is -4.64. The summed E-state index contributed by atoms with van der Waals surface area (Å²) in [7, 11) is 0. The highest BCUT2D eigenvalue weighted by Gasteiger charge is 2.34. The second-order valence-corrected chi connectivity index (χ2v) is 6.96. The molecule has 0 spiro atoms. The molecule has 0 aliphatic carbocycles. The topological polar surface area (TPSA) is 73.4 Å². The van der Waals surface area contributed by atoms with E-state index >= 15 is 4.39 Å². The van der Waals surface area contributed by atoms with Crippen molar-refractivity contribution in [2.75, 3.05) is 18.0 Å². The van der Waals surface area contributed by atoms with E-state index in [4.69, 9.17) is 9.26 Å². The molecule has 29 heavy (non-hydrogen) atoms. The highest BCUT2D eigenvalue weighted by Crippen LogP contribution is 2.36. The number of hydrogen-bond donors (Lipinski definition) is 0. The van der Waals surface area contributed by atoms with Crippen LogP contribution >= 0.6 is 0 Å². The van der Waals surface area contributed by atoms with Gasteiger partial charge in [-0.05, 0) is 19.9 Å². The fraction of sp³-hybridized carbons (Fsp3) is 0.389. The summed E-state index contributed by atoms with van der Waals surface area (Å²) >= 11 is 0. The molecule has 3 aromatic rings. The van der Waals surface area contributed by atoms with Crippen LogP contribution < -0.4 is 4.90 Å². The number of halogens is 4. The number of carbonyl (C=O) groups excluding carboxylic acids is 1. The van der Waals surface area contributed by atoms with Crippen LogP contribution in [0.3, 0.4) is 0 Å². The van der Waals surface area contributed by atoms with Gasteiger partial charge >= 0.3 is 6.18 Å². The van der Waals surface area contributed by atoms with E-state index < -0.39 is 17.7 Å². The molecule has 0 N–H and O–H groups in total. The minimum Gasteiger partial charge on any atom is -0.372 e. The van der Waals surface area contributed by atoms with Crippen molar-refractivity contribution in [1.29, 1.82) is 0 Å². The van der Waals surface area contributed by atoms with Gasteiger partial charge in [-0.2, -0.15) is 13.2 Å². The lowest BCUT2D eigenvalue weighted by molar-refractivity contribution is -0.140.